The number of hydrogen-bond donors (Lipinski definition) is 0. The molecule has 8 nitrogen and oxygen atoms in total. The van der Waals surface area contributed by atoms with Crippen LogP contribution in [0.3, 0.4) is 0 Å². The van der Waals surface area contributed by atoms with Crippen LogP contribution in [0.15, 0.2) is 12.3 Å². The van der Waals surface area contributed by atoms with Crippen molar-refractivity contribution in [3.8, 4) is 0 Å². The Morgan fingerprint density at radius 3 is 2.66 bits per heavy atom. The third-order valence-corrected chi connectivity index (χ3v) is 6.30. The lowest BCUT2D eigenvalue weighted by molar-refractivity contribution is 0.0302. The van der Waals surface area contributed by atoms with Gasteiger partial charge in [0.05, 0.1) is 23.8 Å². The van der Waals surface area contributed by atoms with Crippen molar-refractivity contribution in [2.45, 2.75) is 19.8 Å². The van der Waals surface area contributed by atoms with Gasteiger partial charge >= 0.3 is 0 Å². The van der Waals surface area contributed by atoms with Crippen molar-refractivity contribution in [2.24, 2.45) is 0 Å². The summed E-state index contributed by atoms with van der Waals surface area (Å²) in [5.41, 5.74) is 0.526. The normalized spacial score (nSPS) is 18.1. The number of carbonyl (C=O) groups excluding carboxylic acids is 1. The third kappa shape index (κ3) is 4.62. The molecule has 2 aromatic rings. The molecule has 0 radical (unpaired) electrons. The van der Waals surface area contributed by atoms with E-state index in [1.807, 2.05) is 0 Å². The Hall–Kier alpha value is -1.97. The van der Waals surface area contributed by atoms with Gasteiger partial charge in [-0.3, -0.25) is 4.79 Å². The molecule has 0 N–H and O–H groups in total. The molecular weight excluding hydrogens is 412 g/mol. The molecule has 1 amide bonds. The number of carbonyl (C=O) groups is 1. The highest BCUT2D eigenvalue weighted by Crippen LogP contribution is 2.27. The summed E-state index contributed by atoms with van der Waals surface area (Å²) < 4.78 is 9.71. The zero-order valence-corrected chi connectivity index (χ0v) is 18.1. The van der Waals surface area contributed by atoms with E-state index in [1.54, 1.807) is 17.2 Å². The van der Waals surface area contributed by atoms with Crippen LogP contribution >= 0.6 is 23.1 Å². The molecule has 0 atom stereocenters. The molecule has 0 aromatic carbocycles. The first-order valence-electron chi connectivity index (χ1n) is 10.0. The van der Waals surface area contributed by atoms with Gasteiger partial charge < -0.3 is 19.4 Å². The second kappa shape index (κ2) is 9.23. The van der Waals surface area contributed by atoms with Gasteiger partial charge in [-0.2, -0.15) is 4.37 Å². The van der Waals surface area contributed by atoms with E-state index in [2.05, 4.69) is 31.1 Å². The zero-order valence-electron chi connectivity index (χ0n) is 16.5. The molecule has 0 bridgehead atoms. The Morgan fingerprint density at radius 2 is 1.93 bits per heavy atom. The SMILES string of the molecule is CCc1nsc(N2CCCN(c3ncc(C(=O)N4CCOCC4)cc3Cl)CC2)n1. The van der Waals surface area contributed by atoms with Crippen molar-refractivity contribution in [1.82, 2.24) is 19.2 Å². The highest BCUT2D eigenvalue weighted by atomic mass is 35.5. The zero-order chi connectivity index (χ0) is 20.2. The molecular formula is C19H25ClN6O2S. The number of pyridine rings is 1. The summed E-state index contributed by atoms with van der Waals surface area (Å²) in [6.45, 7) is 7.84. The molecule has 2 aromatic heterocycles. The number of hydrogen-bond acceptors (Lipinski definition) is 8. The number of aryl methyl sites for hydroxylation is 1. The molecule has 156 valence electrons. The van der Waals surface area contributed by atoms with Crippen molar-refractivity contribution in [1.29, 1.82) is 0 Å². The predicted octanol–water partition coefficient (Wildman–Crippen LogP) is 2.34. The first-order valence-corrected chi connectivity index (χ1v) is 11.2. The van der Waals surface area contributed by atoms with E-state index in [9.17, 15) is 4.79 Å². The van der Waals surface area contributed by atoms with Gasteiger partial charge in [0.15, 0.2) is 0 Å². The van der Waals surface area contributed by atoms with Crippen molar-refractivity contribution in [3.63, 3.8) is 0 Å². The highest BCUT2D eigenvalue weighted by Gasteiger charge is 2.23. The molecule has 0 aliphatic carbocycles. The van der Waals surface area contributed by atoms with E-state index in [-0.39, 0.29) is 5.91 Å². The summed E-state index contributed by atoms with van der Waals surface area (Å²) in [7, 11) is 0. The summed E-state index contributed by atoms with van der Waals surface area (Å²) in [6.07, 6.45) is 3.47. The molecule has 0 spiro atoms. The number of aromatic nitrogens is 3. The van der Waals surface area contributed by atoms with Crippen LogP contribution in [0.25, 0.3) is 0 Å². The summed E-state index contributed by atoms with van der Waals surface area (Å²) in [6, 6.07) is 1.74. The van der Waals surface area contributed by atoms with Crippen LogP contribution in [0, 0.1) is 0 Å². The second-order valence-electron chi connectivity index (χ2n) is 7.11. The second-order valence-corrected chi connectivity index (χ2v) is 8.25. The highest BCUT2D eigenvalue weighted by molar-refractivity contribution is 7.09. The monoisotopic (exact) mass is 436 g/mol. The van der Waals surface area contributed by atoms with Crippen molar-refractivity contribution in [3.05, 3.63) is 28.7 Å². The molecule has 0 saturated carbocycles. The first kappa shape index (κ1) is 20.3. The lowest BCUT2D eigenvalue weighted by Gasteiger charge is -2.27. The van der Waals surface area contributed by atoms with E-state index in [0.717, 1.165) is 55.8 Å². The van der Waals surface area contributed by atoms with Crippen molar-refractivity contribution >= 4 is 40.0 Å². The van der Waals surface area contributed by atoms with E-state index in [0.29, 0.717) is 36.9 Å². The predicted molar refractivity (Wildman–Crippen MR) is 114 cm³/mol. The van der Waals surface area contributed by atoms with Gasteiger partial charge in [0.2, 0.25) is 5.13 Å². The average molecular weight is 437 g/mol. The largest absolute Gasteiger partial charge is 0.378 e. The maximum absolute atomic E-state index is 12.7. The molecule has 2 aliphatic heterocycles. The number of halogens is 1. The molecule has 4 heterocycles. The average Bonchev–Trinajstić information content (AvgIpc) is 3.11. The number of morpholine rings is 1. The van der Waals surface area contributed by atoms with Gasteiger partial charge in [-0.25, -0.2) is 9.97 Å². The van der Waals surface area contributed by atoms with Crippen LogP contribution in [0.5, 0.6) is 0 Å². The van der Waals surface area contributed by atoms with Gasteiger partial charge in [0, 0.05) is 63.4 Å². The summed E-state index contributed by atoms with van der Waals surface area (Å²) in [4.78, 5) is 28.1. The lowest BCUT2D eigenvalue weighted by Crippen LogP contribution is -2.40. The summed E-state index contributed by atoms with van der Waals surface area (Å²) in [5, 5.41) is 1.50. The smallest absolute Gasteiger partial charge is 0.255 e. The van der Waals surface area contributed by atoms with Crippen LogP contribution in [-0.2, 0) is 11.2 Å². The molecule has 10 heteroatoms. The Bertz CT molecular complexity index is 857. The standard InChI is InChI=1S/C19H25ClN6O2S/c1-2-16-22-19(29-23-16)26-5-3-4-24(6-7-26)17-15(20)12-14(13-21-17)18(27)25-8-10-28-11-9-25/h12-13H,2-11H2,1H3. The van der Waals surface area contributed by atoms with Crippen LogP contribution in [0.4, 0.5) is 10.9 Å². The fourth-order valence-corrected chi connectivity index (χ4v) is 4.65. The Morgan fingerprint density at radius 1 is 1.17 bits per heavy atom. The maximum Gasteiger partial charge on any atom is 0.255 e. The Kier molecular flexibility index (Phi) is 6.46. The van der Waals surface area contributed by atoms with Crippen LogP contribution in [0.1, 0.15) is 29.5 Å². The third-order valence-electron chi connectivity index (χ3n) is 5.21. The van der Waals surface area contributed by atoms with Gasteiger partial charge in [0.25, 0.3) is 5.91 Å². The number of amides is 1. The number of rotatable bonds is 4. The van der Waals surface area contributed by atoms with Gasteiger partial charge in [-0.1, -0.05) is 18.5 Å². The summed E-state index contributed by atoms with van der Waals surface area (Å²) >= 11 is 8.00. The maximum atomic E-state index is 12.7. The quantitative estimate of drug-likeness (QED) is 0.728. The van der Waals surface area contributed by atoms with Crippen molar-refractivity contribution in [2.75, 3.05) is 62.3 Å². The fourth-order valence-electron chi connectivity index (χ4n) is 3.57. The minimum absolute atomic E-state index is 0.0423. The minimum atomic E-state index is -0.0423. The van der Waals surface area contributed by atoms with E-state index < -0.39 is 0 Å². The number of anilines is 2. The van der Waals surface area contributed by atoms with Crippen molar-refractivity contribution < 1.29 is 9.53 Å². The molecule has 2 aliphatic rings. The van der Waals surface area contributed by atoms with Crippen LogP contribution in [0.2, 0.25) is 5.02 Å². The summed E-state index contributed by atoms with van der Waals surface area (Å²) in [5.74, 6) is 1.59. The number of nitrogens with zero attached hydrogens (tertiary/aromatic N) is 6. The van der Waals surface area contributed by atoms with Gasteiger partial charge in [-0.15, -0.1) is 0 Å². The molecule has 0 unspecified atom stereocenters. The topological polar surface area (TPSA) is 74.7 Å². The van der Waals surface area contributed by atoms with Gasteiger partial charge in [0.1, 0.15) is 11.6 Å². The number of ether oxygens (including phenoxy) is 1. The van der Waals surface area contributed by atoms with E-state index in [4.69, 9.17) is 16.3 Å². The molecule has 2 saturated heterocycles. The van der Waals surface area contributed by atoms with Crippen LogP contribution in [-0.4, -0.2) is 77.6 Å². The minimum Gasteiger partial charge on any atom is -0.378 e. The van der Waals surface area contributed by atoms with E-state index >= 15 is 0 Å². The van der Waals surface area contributed by atoms with Crippen LogP contribution < -0.4 is 9.80 Å². The molecule has 29 heavy (non-hydrogen) atoms. The Labute approximate surface area is 179 Å². The van der Waals surface area contributed by atoms with E-state index in [1.165, 1.54) is 11.5 Å². The molecule has 4 rings (SSSR count). The lowest BCUT2D eigenvalue weighted by atomic mass is 10.2. The molecule has 2 fully saturated rings. The van der Waals surface area contributed by atoms with Gasteiger partial charge in [-0.05, 0) is 12.5 Å². The first-order chi connectivity index (χ1) is 14.2. The fraction of sp³-hybridized carbons (Fsp3) is 0.579. The Balaban J connectivity index is 1.43.